The van der Waals surface area contributed by atoms with E-state index >= 15 is 0 Å². The Balaban J connectivity index is 2.57. The Kier molecular flexibility index (Phi) is 3.29. The Morgan fingerprint density at radius 3 is 2.92 bits per heavy atom. The smallest absolute Gasteiger partial charge is 0.287 e. The molecule has 0 aliphatic carbocycles. The molecule has 0 saturated carbocycles. The van der Waals surface area contributed by atoms with Crippen LogP contribution >= 0.6 is 15.9 Å². The summed E-state index contributed by atoms with van der Waals surface area (Å²) in [4.78, 5) is 10.3. The molecular weight excluding hydrogens is 218 g/mol. The summed E-state index contributed by atoms with van der Waals surface area (Å²) in [6.45, 7) is 2.60. The van der Waals surface area contributed by atoms with Crippen LogP contribution < -0.4 is 5.32 Å². The molecule has 0 heterocycles. The van der Waals surface area contributed by atoms with Crippen molar-refractivity contribution in [2.45, 2.75) is 13.5 Å². The van der Waals surface area contributed by atoms with E-state index in [4.69, 9.17) is 0 Å². The van der Waals surface area contributed by atoms with Crippen molar-refractivity contribution in [3.05, 3.63) is 35.4 Å². The van der Waals surface area contributed by atoms with E-state index in [2.05, 4.69) is 21.2 Å². The summed E-state index contributed by atoms with van der Waals surface area (Å²) < 4.78 is 0. The molecule has 0 aliphatic heterocycles. The quantitative estimate of drug-likeness (QED) is 0.611. The number of halogens is 1. The lowest BCUT2D eigenvalue weighted by Gasteiger charge is -2.01. The first kappa shape index (κ1) is 9.26. The van der Waals surface area contributed by atoms with Crippen LogP contribution in [0.25, 0.3) is 0 Å². The minimum absolute atomic E-state index is 0.177. The van der Waals surface area contributed by atoms with Crippen molar-refractivity contribution in [1.82, 2.24) is 5.32 Å². The molecule has 0 saturated heterocycles. The van der Waals surface area contributed by atoms with E-state index in [0.717, 1.165) is 5.56 Å². The monoisotopic (exact) mass is 227 g/mol. The molecule has 12 heavy (non-hydrogen) atoms. The zero-order valence-electron chi connectivity index (χ0n) is 6.80. The van der Waals surface area contributed by atoms with Crippen molar-refractivity contribution in [2.24, 2.45) is 0 Å². The Bertz CT molecular complexity index is 286. The Labute approximate surface area is 80.1 Å². The third-order valence-electron chi connectivity index (χ3n) is 1.51. The highest BCUT2D eigenvalue weighted by molar-refractivity contribution is 9.18. The molecule has 0 atom stereocenters. The second kappa shape index (κ2) is 4.26. The van der Waals surface area contributed by atoms with Crippen LogP contribution in [0.3, 0.4) is 0 Å². The highest BCUT2D eigenvalue weighted by atomic mass is 79.9. The number of hydrogen-bond donors (Lipinski definition) is 1. The van der Waals surface area contributed by atoms with Crippen LogP contribution in [0.1, 0.15) is 11.1 Å². The summed E-state index contributed by atoms with van der Waals surface area (Å²) in [5.41, 5.74) is 2.32. The zero-order valence-corrected chi connectivity index (χ0v) is 8.39. The summed E-state index contributed by atoms with van der Waals surface area (Å²) >= 11 is 2.80. The maximum absolute atomic E-state index is 10.5. The van der Waals surface area contributed by atoms with E-state index in [9.17, 15) is 4.79 Å². The van der Waals surface area contributed by atoms with Gasteiger partial charge in [-0.3, -0.25) is 4.79 Å². The predicted octanol–water partition coefficient (Wildman–Crippen LogP) is 2.60. The average molecular weight is 228 g/mol. The maximum Gasteiger partial charge on any atom is 0.287 e. The summed E-state index contributed by atoms with van der Waals surface area (Å²) in [6.07, 6.45) is 0. The Morgan fingerprint density at radius 2 is 2.33 bits per heavy atom. The molecule has 0 unspecified atom stereocenters. The third kappa shape index (κ3) is 3.05. The molecule has 1 N–H and O–H groups in total. The van der Waals surface area contributed by atoms with Crippen LogP contribution in [0.2, 0.25) is 0 Å². The second-order valence-corrected chi connectivity index (χ2v) is 3.34. The van der Waals surface area contributed by atoms with Gasteiger partial charge >= 0.3 is 0 Å². The summed E-state index contributed by atoms with van der Waals surface area (Å²) in [5.74, 6) is 0. The van der Waals surface area contributed by atoms with Crippen molar-refractivity contribution in [1.29, 1.82) is 0 Å². The zero-order chi connectivity index (χ0) is 8.97. The molecular formula is C9H10BrNO. The number of rotatable bonds is 2. The largest absolute Gasteiger partial charge is 0.343 e. The lowest BCUT2D eigenvalue weighted by molar-refractivity contribution is 0.261. The normalized spacial score (nSPS) is 9.50. The molecule has 2 nitrogen and oxygen atoms in total. The molecule has 3 heteroatoms. The molecule has 0 aromatic heterocycles. The van der Waals surface area contributed by atoms with Crippen molar-refractivity contribution in [3.63, 3.8) is 0 Å². The molecule has 0 bridgehead atoms. The third-order valence-corrected chi connectivity index (χ3v) is 1.79. The van der Waals surface area contributed by atoms with Gasteiger partial charge in [0.2, 0.25) is 0 Å². The van der Waals surface area contributed by atoms with Crippen molar-refractivity contribution in [3.8, 4) is 0 Å². The van der Waals surface area contributed by atoms with Crippen LogP contribution in [0.4, 0.5) is 4.79 Å². The number of hydrogen-bond acceptors (Lipinski definition) is 1. The molecule has 64 valence electrons. The van der Waals surface area contributed by atoms with E-state index in [0.29, 0.717) is 6.54 Å². The van der Waals surface area contributed by atoms with Crippen molar-refractivity contribution in [2.75, 3.05) is 0 Å². The number of nitrogens with one attached hydrogen (secondary N) is 1. The van der Waals surface area contributed by atoms with Crippen molar-refractivity contribution >= 4 is 20.7 Å². The SMILES string of the molecule is Cc1cccc(CNC(=O)Br)c1. The van der Waals surface area contributed by atoms with E-state index in [1.807, 2.05) is 31.2 Å². The van der Waals surface area contributed by atoms with Crippen LogP contribution in [-0.4, -0.2) is 4.82 Å². The minimum atomic E-state index is -0.177. The molecule has 1 aromatic rings. The van der Waals surface area contributed by atoms with Crippen LogP contribution in [-0.2, 0) is 6.54 Å². The van der Waals surface area contributed by atoms with Crippen LogP contribution in [0.5, 0.6) is 0 Å². The van der Waals surface area contributed by atoms with Crippen molar-refractivity contribution < 1.29 is 4.79 Å². The lowest BCUT2D eigenvalue weighted by atomic mass is 10.1. The number of carbonyl (C=O) groups is 1. The fourth-order valence-corrected chi connectivity index (χ4v) is 1.13. The van der Waals surface area contributed by atoms with E-state index in [1.165, 1.54) is 5.56 Å². The fraction of sp³-hybridized carbons (Fsp3) is 0.222. The van der Waals surface area contributed by atoms with Gasteiger partial charge in [0.25, 0.3) is 4.82 Å². The lowest BCUT2D eigenvalue weighted by Crippen LogP contribution is -2.14. The first-order chi connectivity index (χ1) is 5.68. The number of aryl methyl sites for hydroxylation is 1. The molecule has 1 amide bonds. The first-order valence-electron chi connectivity index (χ1n) is 3.67. The van der Waals surface area contributed by atoms with Gasteiger partial charge in [0.05, 0.1) is 0 Å². The fourth-order valence-electron chi connectivity index (χ4n) is 0.994. The van der Waals surface area contributed by atoms with Gasteiger partial charge in [-0.1, -0.05) is 29.8 Å². The molecule has 0 aliphatic rings. The Morgan fingerprint density at radius 1 is 1.58 bits per heavy atom. The summed E-state index contributed by atoms with van der Waals surface area (Å²) in [7, 11) is 0. The van der Waals surface area contributed by atoms with Gasteiger partial charge in [-0.05, 0) is 12.5 Å². The van der Waals surface area contributed by atoms with Gasteiger partial charge in [-0.15, -0.1) is 0 Å². The molecule has 0 fully saturated rings. The van der Waals surface area contributed by atoms with Gasteiger partial charge in [0, 0.05) is 22.5 Å². The molecule has 0 spiro atoms. The van der Waals surface area contributed by atoms with Crippen LogP contribution in [0, 0.1) is 6.92 Å². The number of amides is 1. The predicted molar refractivity (Wildman–Crippen MR) is 52.3 cm³/mol. The average Bonchev–Trinajstić information content (AvgIpc) is 2.01. The number of benzene rings is 1. The van der Waals surface area contributed by atoms with E-state index in [-0.39, 0.29) is 4.82 Å². The first-order valence-corrected chi connectivity index (χ1v) is 4.46. The van der Waals surface area contributed by atoms with Gasteiger partial charge in [-0.2, -0.15) is 0 Å². The summed E-state index contributed by atoms with van der Waals surface area (Å²) in [6, 6.07) is 8.03. The van der Waals surface area contributed by atoms with E-state index in [1.54, 1.807) is 0 Å². The van der Waals surface area contributed by atoms with Gasteiger partial charge in [0.15, 0.2) is 0 Å². The molecule has 1 aromatic carbocycles. The maximum atomic E-state index is 10.5. The van der Waals surface area contributed by atoms with Gasteiger partial charge in [0.1, 0.15) is 0 Å². The van der Waals surface area contributed by atoms with Crippen LogP contribution in [0.15, 0.2) is 24.3 Å². The minimum Gasteiger partial charge on any atom is -0.343 e. The summed E-state index contributed by atoms with van der Waals surface area (Å²) in [5, 5.41) is 2.67. The number of carbonyl (C=O) groups excluding carboxylic acids is 1. The standard InChI is InChI=1S/C9H10BrNO/c1-7-3-2-4-8(5-7)6-11-9(10)12/h2-5H,6H2,1H3,(H,11,12). The highest BCUT2D eigenvalue weighted by Crippen LogP contribution is 2.03. The topological polar surface area (TPSA) is 29.1 Å². The van der Waals surface area contributed by atoms with Gasteiger partial charge in [-0.25, -0.2) is 0 Å². The molecule has 0 radical (unpaired) electrons. The Hall–Kier alpha value is -0.830. The highest BCUT2D eigenvalue weighted by Gasteiger charge is 1.94. The molecule has 1 rings (SSSR count). The van der Waals surface area contributed by atoms with Gasteiger partial charge < -0.3 is 5.32 Å². The second-order valence-electron chi connectivity index (χ2n) is 2.62. The van der Waals surface area contributed by atoms with E-state index < -0.39 is 0 Å².